The van der Waals surface area contributed by atoms with Crippen molar-refractivity contribution in [3.05, 3.63) is 75.5 Å². The Balaban J connectivity index is 1.15. The van der Waals surface area contributed by atoms with Crippen molar-refractivity contribution in [1.29, 1.82) is 0 Å². The van der Waals surface area contributed by atoms with Crippen LogP contribution in [0.3, 0.4) is 0 Å². The molecule has 0 spiro atoms. The Kier molecular flexibility index (Phi) is 5.93. The fraction of sp³-hybridized carbons (Fsp3) is 0.370. The standard InChI is InChI=1S/C27H29NO2S/c1-18-12-19(2-5-25(18)22-9-11-31-17-22)8-10-30-24-4-6-26-21(15-24)3-7-27(26)28-23-13-20(14-23)16-29/h2,4-6,9,11-12,15-17,20,23,27-28H,3,7-8,10,13-14H2,1H3/t20-,23-,27?. The first-order valence-electron chi connectivity index (χ1n) is 11.3. The zero-order valence-electron chi connectivity index (χ0n) is 18.0. The monoisotopic (exact) mass is 431 g/mol. The molecule has 0 aliphatic heterocycles. The quantitative estimate of drug-likeness (QED) is 0.451. The number of hydrogen-bond donors (Lipinski definition) is 1. The fourth-order valence-corrected chi connectivity index (χ4v) is 5.62. The van der Waals surface area contributed by atoms with Gasteiger partial charge in [-0.1, -0.05) is 24.3 Å². The van der Waals surface area contributed by atoms with E-state index in [2.05, 4.69) is 65.5 Å². The smallest absolute Gasteiger partial charge is 0.123 e. The van der Waals surface area contributed by atoms with E-state index in [1.165, 1.54) is 33.4 Å². The Morgan fingerprint density at radius 1 is 1.16 bits per heavy atom. The summed E-state index contributed by atoms with van der Waals surface area (Å²) in [5, 5.41) is 8.07. The summed E-state index contributed by atoms with van der Waals surface area (Å²) in [5.74, 6) is 1.24. The van der Waals surface area contributed by atoms with E-state index in [0.717, 1.165) is 44.1 Å². The van der Waals surface area contributed by atoms with Crippen LogP contribution >= 0.6 is 11.3 Å². The minimum Gasteiger partial charge on any atom is -0.493 e. The predicted molar refractivity (Wildman–Crippen MR) is 127 cm³/mol. The molecule has 1 aromatic heterocycles. The third-order valence-corrected chi connectivity index (χ3v) is 7.46. The van der Waals surface area contributed by atoms with Crippen LogP contribution in [-0.4, -0.2) is 18.9 Å². The van der Waals surface area contributed by atoms with Crippen LogP contribution in [0.5, 0.6) is 5.75 Å². The highest BCUT2D eigenvalue weighted by atomic mass is 32.1. The Bertz CT molecular complexity index is 1050. The minimum atomic E-state index is 0.268. The van der Waals surface area contributed by atoms with Crippen molar-refractivity contribution in [2.75, 3.05) is 6.61 Å². The molecule has 31 heavy (non-hydrogen) atoms. The molecular formula is C27H29NO2S. The molecule has 4 heteroatoms. The number of carbonyl (C=O) groups excluding carboxylic acids is 1. The van der Waals surface area contributed by atoms with Gasteiger partial charge in [0.05, 0.1) is 6.61 Å². The molecule has 3 nitrogen and oxygen atoms in total. The summed E-state index contributed by atoms with van der Waals surface area (Å²) in [6.45, 7) is 2.87. The number of rotatable bonds is 8. The van der Waals surface area contributed by atoms with Gasteiger partial charge >= 0.3 is 0 Å². The summed E-state index contributed by atoms with van der Waals surface area (Å²) in [5.41, 5.74) is 8.06. The third-order valence-electron chi connectivity index (χ3n) is 6.78. The number of carbonyl (C=O) groups is 1. The molecule has 0 bridgehead atoms. The average molecular weight is 432 g/mol. The summed E-state index contributed by atoms with van der Waals surface area (Å²) >= 11 is 1.74. The summed E-state index contributed by atoms with van der Waals surface area (Å²) in [4.78, 5) is 10.8. The van der Waals surface area contributed by atoms with E-state index >= 15 is 0 Å². The second-order valence-corrected chi connectivity index (χ2v) is 9.72. The molecule has 2 aliphatic carbocycles. The van der Waals surface area contributed by atoms with Gasteiger partial charge in [0, 0.05) is 24.4 Å². The van der Waals surface area contributed by atoms with Crippen molar-refractivity contribution in [2.24, 2.45) is 5.92 Å². The van der Waals surface area contributed by atoms with E-state index in [1.54, 1.807) is 11.3 Å². The fourth-order valence-electron chi connectivity index (χ4n) is 4.96. The molecule has 1 saturated carbocycles. The first kappa shape index (κ1) is 20.5. The normalized spacial score (nSPS) is 22.0. The number of fused-ring (bicyclic) bond motifs is 1. The first-order valence-corrected chi connectivity index (χ1v) is 12.2. The molecular weight excluding hydrogens is 402 g/mol. The van der Waals surface area contributed by atoms with Gasteiger partial charge < -0.3 is 14.8 Å². The minimum absolute atomic E-state index is 0.268. The maximum atomic E-state index is 10.8. The summed E-state index contributed by atoms with van der Waals surface area (Å²) in [6, 6.07) is 16.4. The maximum Gasteiger partial charge on any atom is 0.123 e. The molecule has 1 atom stereocenters. The van der Waals surface area contributed by atoms with Crippen LogP contribution in [0.25, 0.3) is 11.1 Å². The highest BCUT2D eigenvalue weighted by Gasteiger charge is 2.32. The lowest BCUT2D eigenvalue weighted by Gasteiger charge is -2.35. The lowest BCUT2D eigenvalue weighted by atomic mass is 9.81. The molecule has 1 unspecified atom stereocenters. The summed E-state index contributed by atoms with van der Waals surface area (Å²) < 4.78 is 6.10. The highest BCUT2D eigenvalue weighted by Crippen LogP contribution is 2.36. The molecule has 1 fully saturated rings. The maximum absolute atomic E-state index is 10.8. The number of ether oxygens (including phenoxy) is 1. The molecule has 2 aliphatic rings. The van der Waals surface area contributed by atoms with Gasteiger partial charge in [-0.2, -0.15) is 11.3 Å². The average Bonchev–Trinajstić information content (AvgIpc) is 3.40. The number of nitrogens with one attached hydrogen (secondary N) is 1. The lowest BCUT2D eigenvalue weighted by Crippen LogP contribution is -2.43. The predicted octanol–water partition coefficient (Wildman–Crippen LogP) is 5.90. The van der Waals surface area contributed by atoms with Gasteiger partial charge in [-0.3, -0.25) is 0 Å². The summed E-state index contributed by atoms with van der Waals surface area (Å²) in [6.07, 6.45) is 6.22. The van der Waals surface area contributed by atoms with Gasteiger partial charge in [0.1, 0.15) is 12.0 Å². The molecule has 0 saturated heterocycles. The van der Waals surface area contributed by atoms with Crippen LogP contribution in [0.2, 0.25) is 0 Å². The van der Waals surface area contributed by atoms with Gasteiger partial charge in [-0.25, -0.2) is 0 Å². The third kappa shape index (κ3) is 4.46. The van der Waals surface area contributed by atoms with Crippen LogP contribution in [-0.2, 0) is 17.6 Å². The van der Waals surface area contributed by atoms with E-state index in [0.29, 0.717) is 18.7 Å². The van der Waals surface area contributed by atoms with Gasteiger partial charge in [-0.05, 0) is 94.9 Å². The number of benzene rings is 2. The SMILES string of the molecule is Cc1cc(CCOc2ccc3c(c2)CCC3N[C@H]2C[C@H](C=O)C2)ccc1-c1ccsc1. The number of aldehydes is 1. The lowest BCUT2D eigenvalue weighted by molar-refractivity contribution is -0.113. The second kappa shape index (κ2) is 8.97. The second-order valence-electron chi connectivity index (χ2n) is 8.94. The molecule has 0 amide bonds. The molecule has 2 aromatic carbocycles. The van der Waals surface area contributed by atoms with E-state index in [9.17, 15) is 4.79 Å². The van der Waals surface area contributed by atoms with Gasteiger partial charge in [0.2, 0.25) is 0 Å². The van der Waals surface area contributed by atoms with Crippen LogP contribution in [0.15, 0.2) is 53.2 Å². The molecule has 1 heterocycles. The zero-order chi connectivity index (χ0) is 21.2. The van der Waals surface area contributed by atoms with Gasteiger partial charge in [0.25, 0.3) is 0 Å². The van der Waals surface area contributed by atoms with Crippen molar-refractivity contribution in [3.63, 3.8) is 0 Å². The van der Waals surface area contributed by atoms with Gasteiger partial charge in [0.15, 0.2) is 0 Å². The molecule has 1 N–H and O–H groups in total. The number of thiophene rings is 1. The van der Waals surface area contributed by atoms with Crippen molar-refractivity contribution >= 4 is 17.6 Å². The van der Waals surface area contributed by atoms with Crippen molar-refractivity contribution in [1.82, 2.24) is 5.32 Å². The molecule has 160 valence electrons. The molecule has 0 radical (unpaired) electrons. The molecule has 3 aromatic rings. The van der Waals surface area contributed by atoms with Crippen molar-refractivity contribution in [2.45, 2.75) is 51.1 Å². The van der Waals surface area contributed by atoms with E-state index in [-0.39, 0.29) is 5.92 Å². The Morgan fingerprint density at radius 3 is 2.84 bits per heavy atom. The van der Waals surface area contributed by atoms with Crippen molar-refractivity contribution in [3.8, 4) is 16.9 Å². The van der Waals surface area contributed by atoms with Crippen LogP contribution in [0, 0.1) is 12.8 Å². The number of aryl methyl sites for hydroxylation is 2. The van der Waals surface area contributed by atoms with E-state index in [4.69, 9.17) is 4.74 Å². The summed E-state index contributed by atoms with van der Waals surface area (Å²) in [7, 11) is 0. The van der Waals surface area contributed by atoms with E-state index < -0.39 is 0 Å². The van der Waals surface area contributed by atoms with Crippen LogP contribution in [0.4, 0.5) is 0 Å². The Labute approximate surface area is 188 Å². The largest absolute Gasteiger partial charge is 0.493 e. The Hall–Kier alpha value is -2.43. The topological polar surface area (TPSA) is 38.3 Å². The van der Waals surface area contributed by atoms with Crippen LogP contribution < -0.4 is 10.1 Å². The van der Waals surface area contributed by atoms with Gasteiger partial charge in [-0.15, -0.1) is 0 Å². The van der Waals surface area contributed by atoms with E-state index in [1.807, 2.05) is 0 Å². The first-order chi connectivity index (χ1) is 15.2. The zero-order valence-corrected chi connectivity index (χ0v) is 18.8. The highest BCUT2D eigenvalue weighted by molar-refractivity contribution is 7.08. The number of hydrogen-bond acceptors (Lipinski definition) is 4. The van der Waals surface area contributed by atoms with Crippen molar-refractivity contribution < 1.29 is 9.53 Å². The van der Waals surface area contributed by atoms with Crippen LogP contribution in [0.1, 0.15) is 47.6 Å². The Morgan fingerprint density at radius 2 is 2.06 bits per heavy atom. The molecule has 5 rings (SSSR count).